The molecule has 2 heterocycles. The fourth-order valence-electron chi connectivity index (χ4n) is 2.33. The summed E-state index contributed by atoms with van der Waals surface area (Å²) in [6.07, 6.45) is 0. The first-order valence-corrected chi connectivity index (χ1v) is 11.1. The Bertz CT molecular complexity index is 920. The molecule has 29 heavy (non-hydrogen) atoms. The first kappa shape index (κ1) is 25.9. The molecule has 0 aliphatic rings. The lowest BCUT2D eigenvalue weighted by Gasteiger charge is -2.22. The third kappa shape index (κ3) is 6.95. The number of aliphatic hydroxyl groups is 1. The van der Waals surface area contributed by atoms with E-state index in [0.717, 1.165) is 10.6 Å². The van der Waals surface area contributed by atoms with Crippen molar-refractivity contribution in [2.24, 2.45) is 4.99 Å². The minimum absolute atomic E-state index is 0. The smallest absolute Gasteiger partial charge is 0.252 e. The zero-order valence-corrected chi connectivity index (χ0v) is 21.2. The Kier molecular flexibility index (Phi) is 9.60. The standard InChI is InChI=1S/C18H28N4O4S2.HI/c1-6-19-17(21-12-18(3,23)15-9-7-13(2)26-15)20-11-14-8-10-16(27-14)28(24,25)22(4)5;/h7-10,23H,6,11-12H2,1-5H3,(H2,19,20,21);1H. The lowest BCUT2D eigenvalue weighted by molar-refractivity contribution is 0.0378. The van der Waals surface area contributed by atoms with Gasteiger partial charge in [-0.25, -0.2) is 17.7 Å². The van der Waals surface area contributed by atoms with Gasteiger partial charge in [-0.05, 0) is 45.0 Å². The Morgan fingerprint density at radius 1 is 1.28 bits per heavy atom. The number of guanidine groups is 1. The minimum Gasteiger partial charge on any atom is -0.463 e. The highest BCUT2D eigenvalue weighted by atomic mass is 127. The molecule has 0 radical (unpaired) electrons. The fraction of sp³-hybridized carbons (Fsp3) is 0.500. The molecule has 164 valence electrons. The zero-order valence-electron chi connectivity index (χ0n) is 17.2. The molecule has 8 nitrogen and oxygen atoms in total. The number of nitrogens with zero attached hydrogens (tertiary/aromatic N) is 2. The Balaban J connectivity index is 0.00000420. The number of furan rings is 1. The monoisotopic (exact) mass is 556 g/mol. The summed E-state index contributed by atoms with van der Waals surface area (Å²) in [6.45, 7) is 6.61. The summed E-state index contributed by atoms with van der Waals surface area (Å²) in [7, 11) is -0.422. The van der Waals surface area contributed by atoms with E-state index in [4.69, 9.17) is 4.42 Å². The van der Waals surface area contributed by atoms with Crippen LogP contribution in [0.3, 0.4) is 0 Å². The Morgan fingerprint density at radius 3 is 2.52 bits per heavy atom. The van der Waals surface area contributed by atoms with Crippen molar-refractivity contribution in [3.63, 3.8) is 0 Å². The third-order valence-electron chi connectivity index (χ3n) is 3.98. The van der Waals surface area contributed by atoms with Crippen molar-refractivity contribution in [2.75, 3.05) is 27.2 Å². The van der Waals surface area contributed by atoms with E-state index < -0.39 is 15.6 Å². The van der Waals surface area contributed by atoms with Crippen LogP contribution < -0.4 is 10.6 Å². The number of aliphatic imine (C=N–C) groups is 1. The van der Waals surface area contributed by atoms with Crippen molar-refractivity contribution in [2.45, 2.75) is 37.1 Å². The number of nitrogens with one attached hydrogen (secondary N) is 2. The molecule has 0 aromatic carbocycles. The second-order valence-electron chi connectivity index (χ2n) is 6.74. The average Bonchev–Trinajstić information content (AvgIpc) is 3.27. The summed E-state index contributed by atoms with van der Waals surface area (Å²) in [4.78, 5) is 5.31. The van der Waals surface area contributed by atoms with E-state index >= 15 is 0 Å². The molecule has 0 fully saturated rings. The summed E-state index contributed by atoms with van der Waals surface area (Å²) in [5.41, 5.74) is -1.19. The number of hydrogen-bond acceptors (Lipinski definition) is 6. The van der Waals surface area contributed by atoms with Gasteiger partial charge in [-0.2, -0.15) is 0 Å². The summed E-state index contributed by atoms with van der Waals surface area (Å²) < 4.78 is 31.3. The molecule has 0 aliphatic carbocycles. The fourth-order valence-corrected chi connectivity index (χ4v) is 4.78. The predicted molar refractivity (Wildman–Crippen MR) is 126 cm³/mol. The van der Waals surface area contributed by atoms with Gasteiger partial charge in [0.05, 0.1) is 13.1 Å². The molecule has 0 saturated carbocycles. The van der Waals surface area contributed by atoms with Crippen LogP contribution in [-0.4, -0.2) is 51.0 Å². The molecular weight excluding hydrogens is 527 g/mol. The first-order chi connectivity index (χ1) is 13.1. The minimum atomic E-state index is -3.43. The van der Waals surface area contributed by atoms with E-state index in [1.54, 1.807) is 31.2 Å². The van der Waals surface area contributed by atoms with E-state index in [9.17, 15) is 13.5 Å². The van der Waals surface area contributed by atoms with Crippen molar-refractivity contribution >= 4 is 51.3 Å². The largest absolute Gasteiger partial charge is 0.463 e. The lowest BCUT2D eigenvalue weighted by atomic mass is 10.0. The van der Waals surface area contributed by atoms with Gasteiger partial charge in [0.2, 0.25) is 0 Å². The predicted octanol–water partition coefficient (Wildman–Crippen LogP) is 2.48. The molecule has 3 N–H and O–H groups in total. The molecule has 1 atom stereocenters. The maximum atomic E-state index is 12.2. The van der Waals surface area contributed by atoms with Gasteiger partial charge < -0.3 is 20.2 Å². The Hall–Kier alpha value is -1.15. The average molecular weight is 556 g/mol. The Morgan fingerprint density at radius 2 is 1.97 bits per heavy atom. The number of hydrogen-bond donors (Lipinski definition) is 3. The van der Waals surface area contributed by atoms with Crippen LogP contribution in [0.15, 0.2) is 37.9 Å². The van der Waals surface area contributed by atoms with Gasteiger partial charge in [0.15, 0.2) is 5.96 Å². The number of thiophene rings is 1. The van der Waals surface area contributed by atoms with Crippen molar-refractivity contribution < 1.29 is 17.9 Å². The molecule has 2 aromatic heterocycles. The molecule has 1 unspecified atom stereocenters. The van der Waals surface area contributed by atoms with E-state index in [0.29, 0.717) is 24.8 Å². The van der Waals surface area contributed by atoms with Gasteiger partial charge in [-0.1, -0.05) is 0 Å². The van der Waals surface area contributed by atoms with E-state index in [1.165, 1.54) is 29.7 Å². The van der Waals surface area contributed by atoms with Crippen molar-refractivity contribution in [1.82, 2.24) is 14.9 Å². The SMILES string of the molecule is CCNC(=NCc1ccc(S(=O)(=O)N(C)C)s1)NCC(C)(O)c1ccc(C)o1.I. The van der Waals surface area contributed by atoms with Crippen LogP contribution >= 0.6 is 35.3 Å². The maximum Gasteiger partial charge on any atom is 0.252 e. The molecule has 0 aliphatic heterocycles. The second-order valence-corrected chi connectivity index (χ2v) is 10.3. The van der Waals surface area contributed by atoms with E-state index in [2.05, 4.69) is 15.6 Å². The highest BCUT2D eigenvalue weighted by molar-refractivity contribution is 14.0. The summed E-state index contributed by atoms with van der Waals surface area (Å²) in [5, 5.41) is 16.9. The molecule has 2 aromatic rings. The number of halogens is 1. The van der Waals surface area contributed by atoms with Crippen molar-refractivity contribution in [1.29, 1.82) is 0 Å². The van der Waals surface area contributed by atoms with Crippen LogP contribution in [0.4, 0.5) is 0 Å². The Labute approximate surface area is 193 Å². The van der Waals surface area contributed by atoms with Crippen molar-refractivity contribution in [3.8, 4) is 0 Å². The highest BCUT2D eigenvalue weighted by Crippen LogP contribution is 2.24. The molecule has 0 bridgehead atoms. The van der Waals surface area contributed by atoms with Gasteiger partial charge >= 0.3 is 0 Å². The van der Waals surface area contributed by atoms with Crippen LogP contribution in [0.5, 0.6) is 0 Å². The summed E-state index contributed by atoms with van der Waals surface area (Å²) >= 11 is 1.19. The van der Waals surface area contributed by atoms with Crippen LogP contribution in [0, 0.1) is 6.92 Å². The zero-order chi connectivity index (χ0) is 20.9. The molecule has 11 heteroatoms. The van der Waals surface area contributed by atoms with Gasteiger partial charge in [0, 0.05) is 25.5 Å². The molecule has 0 spiro atoms. The van der Waals surface area contributed by atoms with Gasteiger partial charge in [-0.15, -0.1) is 35.3 Å². The number of sulfonamides is 1. The first-order valence-electron chi connectivity index (χ1n) is 8.89. The molecule has 0 saturated heterocycles. The molecular formula is C18H29IN4O4S2. The van der Waals surface area contributed by atoms with Crippen LogP contribution in [0.2, 0.25) is 0 Å². The second kappa shape index (κ2) is 10.8. The summed E-state index contributed by atoms with van der Waals surface area (Å²) in [6, 6.07) is 6.91. The number of rotatable bonds is 8. The maximum absolute atomic E-state index is 12.2. The lowest BCUT2D eigenvalue weighted by Crippen LogP contribution is -2.44. The number of aryl methyl sites for hydroxylation is 1. The summed E-state index contributed by atoms with van der Waals surface area (Å²) in [5.74, 6) is 1.73. The topological polar surface area (TPSA) is 107 Å². The van der Waals surface area contributed by atoms with Gasteiger partial charge in [0.1, 0.15) is 21.3 Å². The van der Waals surface area contributed by atoms with Crippen LogP contribution in [0.1, 0.15) is 30.2 Å². The van der Waals surface area contributed by atoms with Gasteiger partial charge in [-0.3, -0.25) is 0 Å². The van der Waals surface area contributed by atoms with E-state index in [-0.39, 0.29) is 34.7 Å². The molecule has 2 rings (SSSR count). The van der Waals surface area contributed by atoms with Crippen LogP contribution in [-0.2, 0) is 22.2 Å². The van der Waals surface area contributed by atoms with Crippen LogP contribution in [0.25, 0.3) is 0 Å². The quantitative estimate of drug-likeness (QED) is 0.262. The highest BCUT2D eigenvalue weighted by Gasteiger charge is 2.27. The normalized spacial score (nSPS) is 14.4. The van der Waals surface area contributed by atoms with E-state index in [1.807, 2.05) is 13.8 Å². The third-order valence-corrected chi connectivity index (χ3v) is 7.33. The van der Waals surface area contributed by atoms with Gasteiger partial charge in [0.25, 0.3) is 10.0 Å². The van der Waals surface area contributed by atoms with Crippen molar-refractivity contribution in [3.05, 3.63) is 40.7 Å². The molecule has 0 amide bonds.